The van der Waals surface area contributed by atoms with E-state index in [0.29, 0.717) is 25.7 Å². The minimum Gasteiger partial charge on any atom is -0.507 e. The van der Waals surface area contributed by atoms with Crippen molar-refractivity contribution in [1.29, 1.82) is 0 Å². The van der Waals surface area contributed by atoms with Crippen molar-refractivity contribution in [1.82, 2.24) is 9.80 Å². The van der Waals surface area contributed by atoms with Crippen LogP contribution in [0.4, 0.5) is 0 Å². The summed E-state index contributed by atoms with van der Waals surface area (Å²) in [7, 11) is 7.49. The fourth-order valence-electron chi connectivity index (χ4n) is 14.1. The first-order valence-electron chi connectivity index (χ1n) is 30.2. The van der Waals surface area contributed by atoms with Crippen LogP contribution in [-0.4, -0.2) is 231 Å². The van der Waals surface area contributed by atoms with Crippen molar-refractivity contribution >= 4 is 17.3 Å². The van der Waals surface area contributed by atoms with E-state index in [1.807, 2.05) is 44.9 Å². The first-order chi connectivity index (χ1) is 39.8. The van der Waals surface area contributed by atoms with E-state index in [4.69, 9.17) is 56.8 Å². The second-order valence-corrected chi connectivity index (χ2v) is 25.2. The maximum Gasteiger partial charge on any atom is 0.185 e. The first-order valence-corrected chi connectivity index (χ1v) is 30.2. The summed E-state index contributed by atoms with van der Waals surface area (Å²) in [4.78, 5) is 31.9. The molecule has 6 saturated heterocycles. The molecule has 6 aliphatic heterocycles. The molecule has 0 aromatic heterocycles. The Labute approximate surface area is 490 Å². The second-order valence-electron chi connectivity index (χ2n) is 25.2. The molecule has 1 unspecified atom stereocenters. The van der Waals surface area contributed by atoms with Gasteiger partial charge in [0.05, 0.1) is 95.4 Å². The van der Waals surface area contributed by atoms with E-state index < -0.39 is 199 Å². The van der Waals surface area contributed by atoms with E-state index in [-0.39, 0.29) is 61.6 Å². The number of hydrogen-bond acceptors (Lipinski definition) is 24. The van der Waals surface area contributed by atoms with Gasteiger partial charge in [-0.1, -0.05) is 13.0 Å². The Bertz CT molecular complexity index is 2560. The number of benzene rings is 1. The smallest absolute Gasteiger partial charge is 0.185 e. The van der Waals surface area contributed by atoms with Gasteiger partial charge in [-0.3, -0.25) is 9.59 Å². The van der Waals surface area contributed by atoms with Crippen LogP contribution in [0.25, 0.3) is 5.76 Å². The number of rotatable bonds is 15. The summed E-state index contributed by atoms with van der Waals surface area (Å²) in [6.07, 6.45) is -12.1. The SMILES string of the molecule is CC[C@@]1(O)C[C@H](O[C@H]2C[C@H](N(C)C)[C@H](O[C@H]3C[C@H](O)[C@H](O[C@H]4CC[C@H](O)[C@H](C)O4)[C@H](C)O3)[C@H](C)O2)c2c(O)c3c(c(O)c2[C@H]1O[C@H]1C[C@H](N(C)C)[C@H](O[C@H]2C[C@H](O)[C@H](O[C@H]4CC[C@H](O)[C@H](C)O4)[C@H](C)O2)[C@H](C)O1)C(=O)C1CC=CC(=O)C1=C3O. The Morgan fingerprint density at radius 2 is 0.964 bits per heavy atom. The third-order valence-corrected chi connectivity index (χ3v) is 19.0. The lowest BCUT2D eigenvalue weighted by atomic mass is 9.69. The molecule has 9 aliphatic rings. The fraction of sp³-hybridized carbons (Fsp3) is 0.800. The molecule has 0 saturated carbocycles. The quantitative estimate of drug-likeness (QED) is 0.116. The van der Waals surface area contributed by atoms with Gasteiger partial charge in [-0.15, -0.1) is 0 Å². The van der Waals surface area contributed by atoms with Gasteiger partial charge in [0.15, 0.2) is 49.3 Å². The number of likely N-dealkylation sites (N-methyl/N-ethyl adjacent to an activating group) is 2. The summed E-state index contributed by atoms with van der Waals surface area (Å²) >= 11 is 0. The van der Waals surface area contributed by atoms with E-state index in [2.05, 4.69) is 0 Å². The van der Waals surface area contributed by atoms with Gasteiger partial charge < -0.3 is 107 Å². The van der Waals surface area contributed by atoms with Gasteiger partial charge >= 0.3 is 0 Å². The summed E-state index contributed by atoms with van der Waals surface area (Å²) < 4.78 is 77.0. The predicted molar refractivity (Wildman–Crippen MR) is 295 cm³/mol. The van der Waals surface area contributed by atoms with Gasteiger partial charge in [-0.2, -0.15) is 0 Å². The standard InChI is InChI=1S/C60H90N2O22/c1-12-60(72)24-39(79-42-20-32(61(8)9)55(27(4)75-42)82-44-22-37(66)57(29(6)77-44)80-40-18-16-34(63)25(2)73-40)47-50(54(71)48-49(53(47)70)52(69)46-31(51(48)68)14-13-15-36(46)65)59(60)84-43-21-33(62(10)11)56(28(5)76-43)83-45-23-38(67)58(30(7)78-45)81-41-19-17-35(64)26(3)74-41/h13,15,25-35,37-45,55-59,63-64,66-67,69-72H,12,14,16-24H2,1-11H3/t25-,26-,27-,28-,29-,30-,31?,32-,33-,34-,35-,37-,38-,39-,40-,41-,42-,43-,44-,45-,55+,56+,57+,58+,59+,60+/m0/s1. The molecule has 1 aromatic carbocycles. The minimum atomic E-state index is -1.89. The number of hydrogen-bond donors (Lipinski definition) is 8. The molecule has 472 valence electrons. The number of carbonyl (C=O) groups excluding carboxylic acids is 2. The average Bonchev–Trinajstić information content (AvgIpc) is 0.985. The van der Waals surface area contributed by atoms with Gasteiger partial charge in [0.1, 0.15) is 47.8 Å². The third kappa shape index (κ3) is 12.5. The number of Topliss-reactive ketones (excluding diaryl/α,β-unsaturated/α-hetero) is 1. The highest BCUT2D eigenvalue weighted by atomic mass is 16.8. The number of fused-ring (bicyclic) bond motifs is 3. The van der Waals surface area contributed by atoms with Crippen molar-refractivity contribution < 1.29 is 107 Å². The number of aliphatic hydroxyl groups excluding tert-OH is 5. The fourth-order valence-corrected chi connectivity index (χ4v) is 14.1. The second kappa shape index (κ2) is 25.6. The number of phenolic OH excluding ortho intramolecular Hbond substituents is 2. The van der Waals surface area contributed by atoms with Crippen LogP contribution >= 0.6 is 0 Å². The molecule has 84 heavy (non-hydrogen) atoms. The molecular weight excluding hydrogens is 1100 g/mol. The molecule has 8 N–H and O–H groups in total. The van der Waals surface area contributed by atoms with Crippen LogP contribution < -0.4 is 0 Å². The highest BCUT2D eigenvalue weighted by Crippen LogP contribution is 2.59. The normalized spacial score (nSPS) is 44.7. The van der Waals surface area contributed by atoms with Crippen molar-refractivity contribution in [3.8, 4) is 11.5 Å². The zero-order valence-corrected chi connectivity index (χ0v) is 50.1. The van der Waals surface area contributed by atoms with Crippen molar-refractivity contribution in [2.45, 2.75) is 272 Å². The van der Waals surface area contributed by atoms with E-state index in [1.54, 1.807) is 41.5 Å². The molecule has 0 radical (unpaired) electrons. The summed E-state index contributed by atoms with van der Waals surface area (Å²) in [5.41, 5.74) is -3.23. The van der Waals surface area contributed by atoms with Crippen LogP contribution in [0.15, 0.2) is 17.7 Å². The lowest BCUT2D eigenvalue weighted by molar-refractivity contribution is -0.334. The molecule has 10 rings (SSSR count). The number of aliphatic hydroxyl groups is 6. The van der Waals surface area contributed by atoms with Crippen LogP contribution in [0.2, 0.25) is 0 Å². The number of ketones is 2. The maximum absolute atomic E-state index is 14.6. The van der Waals surface area contributed by atoms with Crippen LogP contribution in [0.5, 0.6) is 11.5 Å². The molecule has 26 atom stereocenters. The Balaban J connectivity index is 0.894. The number of aromatic hydroxyl groups is 2. The molecule has 24 heteroatoms. The zero-order chi connectivity index (χ0) is 60.5. The Kier molecular flexibility index (Phi) is 19.4. The topological polar surface area (TPSA) is 313 Å². The highest BCUT2D eigenvalue weighted by molar-refractivity contribution is 6.21. The number of allylic oxidation sites excluding steroid dienone is 3. The van der Waals surface area contributed by atoms with Crippen molar-refractivity contribution in [2.75, 3.05) is 28.2 Å². The van der Waals surface area contributed by atoms with Crippen LogP contribution in [-0.2, 0) is 61.6 Å². The van der Waals surface area contributed by atoms with Gasteiger partial charge in [-0.25, -0.2) is 0 Å². The molecule has 0 amide bonds. The number of ether oxygens (including phenoxy) is 12. The van der Waals surface area contributed by atoms with E-state index >= 15 is 0 Å². The lowest BCUT2D eigenvalue weighted by Crippen LogP contribution is -2.58. The highest BCUT2D eigenvalue weighted by Gasteiger charge is 2.56. The maximum atomic E-state index is 14.6. The summed E-state index contributed by atoms with van der Waals surface area (Å²) in [6.45, 7) is 12.5. The lowest BCUT2D eigenvalue weighted by Gasteiger charge is -2.50. The molecule has 6 heterocycles. The van der Waals surface area contributed by atoms with Gasteiger partial charge in [0, 0.05) is 68.2 Å². The Morgan fingerprint density at radius 1 is 0.536 bits per heavy atom. The van der Waals surface area contributed by atoms with E-state index in [0.717, 1.165) is 0 Å². The van der Waals surface area contributed by atoms with E-state index in [1.165, 1.54) is 12.2 Å². The largest absolute Gasteiger partial charge is 0.507 e. The number of carbonyl (C=O) groups is 2. The van der Waals surface area contributed by atoms with Gasteiger partial charge in [0.25, 0.3) is 0 Å². The monoisotopic (exact) mass is 1190 g/mol. The van der Waals surface area contributed by atoms with Crippen LogP contribution in [0.3, 0.4) is 0 Å². The molecule has 3 aliphatic carbocycles. The van der Waals surface area contributed by atoms with E-state index in [9.17, 15) is 50.4 Å². The molecule has 6 fully saturated rings. The summed E-state index contributed by atoms with van der Waals surface area (Å²) in [6, 6.07) is -0.815. The molecule has 0 bridgehead atoms. The number of phenols is 2. The third-order valence-electron chi connectivity index (χ3n) is 19.0. The van der Waals surface area contributed by atoms with Crippen molar-refractivity contribution in [2.24, 2.45) is 5.92 Å². The number of nitrogens with zero attached hydrogens (tertiary/aromatic N) is 2. The van der Waals surface area contributed by atoms with Gasteiger partial charge in [0.2, 0.25) is 0 Å². The van der Waals surface area contributed by atoms with Crippen LogP contribution in [0, 0.1) is 5.92 Å². The summed E-state index contributed by atoms with van der Waals surface area (Å²) in [5.74, 6) is -4.48. The Hall–Kier alpha value is -3.32. The predicted octanol–water partition coefficient (Wildman–Crippen LogP) is 3.80. The molecule has 0 spiro atoms. The zero-order valence-electron chi connectivity index (χ0n) is 50.1. The molecule has 24 nitrogen and oxygen atoms in total. The van der Waals surface area contributed by atoms with Crippen LogP contribution in [0.1, 0.15) is 158 Å². The Morgan fingerprint density at radius 3 is 1.42 bits per heavy atom. The van der Waals surface area contributed by atoms with Crippen molar-refractivity contribution in [3.63, 3.8) is 0 Å². The van der Waals surface area contributed by atoms with Crippen molar-refractivity contribution in [3.05, 3.63) is 40.0 Å². The first kappa shape index (κ1) is 63.7. The van der Waals surface area contributed by atoms with Gasteiger partial charge in [-0.05, 0) is 101 Å². The average molecular weight is 1190 g/mol. The minimum absolute atomic E-state index is 0.00822. The molecule has 1 aromatic rings. The summed E-state index contributed by atoms with van der Waals surface area (Å²) in [5, 5.41) is 93.6. The molecular formula is C60H90N2O22.